The molecule has 1 aliphatic rings. The van der Waals surface area contributed by atoms with Crippen LogP contribution in [0.25, 0.3) is 0 Å². The van der Waals surface area contributed by atoms with Crippen molar-refractivity contribution in [1.82, 2.24) is 10.2 Å². The predicted octanol–water partition coefficient (Wildman–Crippen LogP) is 2.73. The summed E-state index contributed by atoms with van der Waals surface area (Å²) in [6, 6.07) is 7.58. The predicted molar refractivity (Wildman–Crippen MR) is 82.1 cm³/mol. The van der Waals surface area contributed by atoms with Crippen LogP contribution < -0.4 is 11.1 Å². The number of H-pyrrole nitrogens is 1. The summed E-state index contributed by atoms with van der Waals surface area (Å²) in [7, 11) is 0. The number of nitrogens with two attached hydrogens (primary N) is 1. The third kappa shape index (κ3) is 2.58. The Morgan fingerprint density at radius 2 is 2.26 bits per heavy atom. The van der Waals surface area contributed by atoms with Gasteiger partial charge in [0.15, 0.2) is 5.69 Å². The molecule has 0 spiro atoms. The summed E-state index contributed by atoms with van der Waals surface area (Å²) < 4.78 is 1.06. The van der Waals surface area contributed by atoms with E-state index in [1.165, 1.54) is 0 Å². The number of hydrogen-bond acceptors (Lipinski definition) is 3. The summed E-state index contributed by atoms with van der Waals surface area (Å²) in [4.78, 5) is 12.1. The van der Waals surface area contributed by atoms with Gasteiger partial charge in [-0.3, -0.25) is 9.89 Å². The molecule has 6 heteroatoms. The molecule has 1 fully saturated rings. The van der Waals surface area contributed by atoms with Gasteiger partial charge in [0, 0.05) is 15.2 Å². The molecule has 0 saturated heterocycles. The number of benzene rings is 1. The molecule has 1 amide bonds. The van der Waals surface area contributed by atoms with Crippen LogP contribution in [-0.2, 0) is 0 Å². The van der Waals surface area contributed by atoms with E-state index in [9.17, 15) is 4.79 Å². The maximum absolute atomic E-state index is 12.1. The van der Waals surface area contributed by atoms with Gasteiger partial charge in [-0.25, -0.2) is 0 Å². The highest BCUT2D eigenvalue weighted by Crippen LogP contribution is 2.42. The topological polar surface area (TPSA) is 83.8 Å². The molecule has 98 valence electrons. The monoisotopic (exact) mass is 368 g/mol. The number of aromatic nitrogens is 2. The molecular weight excluding hydrogens is 355 g/mol. The van der Waals surface area contributed by atoms with Crippen LogP contribution in [0, 0.1) is 3.57 Å². The van der Waals surface area contributed by atoms with Gasteiger partial charge in [0.1, 0.15) is 0 Å². The quantitative estimate of drug-likeness (QED) is 0.729. The summed E-state index contributed by atoms with van der Waals surface area (Å²) in [6.07, 6.45) is 2.23. The first-order valence-electron chi connectivity index (χ1n) is 6.06. The number of hydrogen-bond donors (Lipinski definition) is 3. The van der Waals surface area contributed by atoms with Crippen LogP contribution in [0.5, 0.6) is 0 Å². The standard InChI is InChI=1S/C13H13IN4O/c14-8-2-1-3-9(6-8)16-13(19)12-10(15)11(17-18-12)7-4-5-7/h1-3,6-7H,4-5,15H2,(H,16,19)(H,17,18). The number of halogens is 1. The largest absolute Gasteiger partial charge is 0.395 e. The van der Waals surface area contributed by atoms with Crippen molar-refractivity contribution in [2.75, 3.05) is 11.1 Å². The summed E-state index contributed by atoms with van der Waals surface area (Å²) in [5.74, 6) is 0.175. The van der Waals surface area contributed by atoms with E-state index in [1.54, 1.807) is 0 Å². The normalized spacial score (nSPS) is 14.4. The molecule has 1 heterocycles. The lowest BCUT2D eigenvalue weighted by atomic mass is 10.2. The van der Waals surface area contributed by atoms with E-state index in [2.05, 4.69) is 38.1 Å². The second kappa shape index (κ2) is 4.84. The van der Waals surface area contributed by atoms with Crippen molar-refractivity contribution < 1.29 is 4.79 Å². The first-order valence-corrected chi connectivity index (χ1v) is 7.13. The molecule has 1 aromatic heterocycles. The number of rotatable bonds is 3. The molecule has 0 aliphatic heterocycles. The minimum absolute atomic E-state index is 0.275. The molecule has 3 rings (SSSR count). The van der Waals surface area contributed by atoms with Crippen LogP contribution in [0.2, 0.25) is 0 Å². The van der Waals surface area contributed by atoms with E-state index in [1.807, 2.05) is 24.3 Å². The zero-order chi connectivity index (χ0) is 13.4. The number of aromatic amines is 1. The Kier molecular flexibility index (Phi) is 3.17. The SMILES string of the molecule is Nc1c(C(=O)Nc2cccc(I)c2)n[nH]c1C1CC1. The molecule has 4 N–H and O–H groups in total. The summed E-state index contributed by atoms with van der Waals surface area (Å²) >= 11 is 2.20. The van der Waals surface area contributed by atoms with Crippen LogP contribution >= 0.6 is 22.6 Å². The Morgan fingerprint density at radius 1 is 1.47 bits per heavy atom. The average Bonchev–Trinajstić information content (AvgIpc) is 3.13. The van der Waals surface area contributed by atoms with Gasteiger partial charge in [-0.2, -0.15) is 5.10 Å². The van der Waals surface area contributed by atoms with Gasteiger partial charge in [-0.05, 0) is 53.6 Å². The second-order valence-electron chi connectivity index (χ2n) is 4.64. The number of nitrogen functional groups attached to an aromatic ring is 1. The fourth-order valence-corrected chi connectivity index (χ4v) is 2.52. The number of carbonyl (C=O) groups is 1. The fraction of sp³-hybridized carbons (Fsp3) is 0.231. The van der Waals surface area contributed by atoms with E-state index >= 15 is 0 Å². The second-order valence-corrected chi connectivity index (χ2v) is 5.88. The van der Waals surface area contributed by atoms with Gasteiger partial charge in [-0.1, -0.05) is 6.07 Å². The van der Waals surface area contributed by atoms with Crippen LogP contribution in [0.3, 0.4) is 0 Å². The van der Waals surface area contributed by atoms with Gasteiger partial charge in [0.2, 0.25) is 0 Å². The molecule has 1 saturated carbocycles. The lowest BCUT2D eigenvalue weighted by Gasteiger charge is -2.04. The first-order chi connectivity index (χ1) is 9.15. The summed E-state index contributed by atoms with van der Waals surface area (Å²) in [6.45, 7) is 0. The third-order valence-corrected chi connectivity index (χ3v) is 3.79. The van der Waals surface area contributed by atoms with Crippen molar-refractivity contribution >= 4 is 39.9 Å². The Morgan fingerprint density at radius 3 is 2.95 bits per heavy atom. The van der Waals surface area contributed by atoms with Gasteiger partial charge in [0.25, 0.3) is 5.91 Å². The number of amides is 1. The smallest absolute Gasteiger partial charge is 0.278 e. The number of nitrogens with zero attached hydrogens (tertiary/aromatic N) is 1. The lowest BCUT2D eigenvalue weighted by molar-refractivity contribution is 0.102. The van der Waals surface area contributed by atoms with Crippen LogP contribution in [0.15, 0.2) is 24.3 Å². The van der Waals surface area contributed by atoms with E-state index in [0.717, 1.165) is 27.8 Å². The Labute approximate surface area is 124 Å². The van der Waals surface area contributed by atoms with Gasteiger partial charge in [0.05, 0.1) is 11.4 Å². The molecule has 1 aliphatic carbocycles. The average molecular weight is 368 g/mol. The Bertz CT molecular complexity index is 633. The maximum atomic E-state index is 12.1. The van der Waals surface area contributed by atoms with Crippen molar-refractivity contribution in [1.29, 1.82) is 0 Å². The lowest BCUT2D eigenvalue weighted by Crippen LogP contribution is -2.14. The summed E-state index contributed by atoms with van der Waals surface area (Å²) in [5, 5.41) is 9.71. The molecule has 2 aromatic rings. The van der Waals surface area contributed by atoms with E-state index in [-0.39, 0.29) is 11.6 Å². The van der Waals surface area contributed by atoms with Crippen LogP contribution in [0.1, 0.15) is 34.9 Å². The van der Waals surface area contributed by atoms with Crippen molar-refractivity contribution in [2.45, 2.75) is 18.8 Å². The first kappa shape index (κ1) is 12.5. The highest BCUT2D eigenvalue weighted by atomic mass is 127. The van der Waals surface area contributed by atoms with Crippen molar-refractivity contribution in [3.05, 3.63) is 39.2 Å². The van der Waals surface area contributed by atoms with Crippen molar-refractivity contribution in [3.8, 4) is 0 Å². The molecule has 1 aromatic carbocycles. The van der Waals surface area contributed by atoms with Crippen LogP contribution in [-0.4, -0.2) is 16.1 Å². The van der Waals surface area contributed by atoms with E-state index in [0.29, 0.717) is 11.6 Å². The maximum Gasteiger partial charge on any atom is 0.278 e. The van der Waals surface area contributed by atoms with Gasteiger partial charge in [-0.15, -0.1) is 0 Å². The van der Waals surface area contributed by atoms with Gasteiger partial charge < -0.3 is 11.1 Å². The Hall–Kier alpha value is -1.57. The van der Waals surface area contributed by atoms with Crippen LogP contribution in [0.4, 0.5) is 11.4 Å². The summed E-state index contributed by atoms with van der Waals surface area (Å²) in [5.41, 5.74) is 8.37. The molecule has 0 unspecified atom stereocenters. The van der Waals surface area contributed by atoms with Gasteiger partial charge >= 0.3 is 0 Å². The molecular formula is C13H13IN4O. The minimum Gasteiger partial charge on any atom is -0.395 e. The zero-order valence-electron chi connectivity index (χ0n) is 10.1. The van der Waals surface area contributed by atoms with Crippen molar-refractivity contribution in [3.63, 3.8) is 0 Å². The Balaban J connectivity index is 1.80. The number of nitrogens with one attached hydrogen (secondary N) is 2. The molecule has 0 atom stereocenters. The molecule has 0 radical (unpaired) electrons. The highest BCUT2D eigenvalue weighted by molar-refractivity contribution is 14.1. The molecule has 5 nitrogen and oxygen atoms in total. The number of anilines is 2. The minimum atomic E-state index is -0.275. The highest BCUT2D eigenvalue weighted by Gasteiger charge is 2.30. The van der Waals surface area contributed by atoms with E-state index in [4.69, 9.17) is 5.73 Å². The fourth-order valence-electron chi connectivity index (χ4n) is 1.98. The van der Waals surface area contributed by atoms with E-state index < -0.39 is 0 Å². The molecule has 19 heavy (non-hydrogen) atoms. The zero-order valence-corrected chi connectivity index (χ0v) is 12.3. The molecule has 0 bridgehead atoms. The number of carbonyl (C=O) groups excluding carboxylic acids is 1. The third-order valence-electron chi connectivity index (χ3n) is 3.12. The van der Waals surface area contributed by atoms with Crippen molar-refractivity contribution in [2.24, 2.45) is 0 Å².